The van der Waals surface area contributed by atoms with Gasteiger partial charge in [-0.15, -0.1) is 11.3 Å². The molecule has 3 rings (SSSR count). The summed E-state index contributed by atoms with van der Waals surface area (Å²) in [5.41, 5.74) is 0.427. The predicted octanol–water partition coefficient (Wildman–Crippen LogP) is 2.39. The monoisotopic (exact) mass is 336 g/mol. The summed E-state index contributed by atoms with van der Waals surface area (Å²) in [7, 11) is 0. The molecule has 0 spiro atoms. The van der Waals surface area contributed by atoms with Gasteiger partial charge in [0, 0.05) is 18.2 Å². The molecule has 7 nitrogen and oxygen atoms in total. The number of aromatic nitrogens is 3. The van der Waals surface area contributed by atoms with Gasteiger partial charge in [-0.2, -0.15) is 4.98 Å². The van der Waals surface area contributed by atoms with Crippen molar-refractivity contribution in [1.29, 1.82) is 0 Å². The number of carbonyl (C=O) groups excluding carboxylic acids is 1. The molecule has 0 unspecified atom stereocenters. The Hall–Kier alpha value is -1.80. The zero-order valence-electron chi connectivity index (χ0n) is 13.3. The summed E-state index contributed by atoms with van der Waals surface area (Å²) in [4.78, 5) is 22.7. The molecule has 0 aliphatic carbocycles. The zero-order chi connectivity index (χ0) is 16.2. The minimum Gasteiger partial charge on any atom is -0.461 e. The molecule has 0 radical (unpaired) electrons. The van der Waals surface area contributed by atoms with Gasteiger partial charge in [0.1, 0.15) is 0 Å². The first-order valence-electron chi connectivity index (χ1n) is 7.79. The predicted molar refractivity (Wildman–Crippen MR) is 84.4 cm³/mol. The van der Waals surface area contributed by atoms with Crippen molar-refractivity contribution in [2.45, 2.75) is 39.2 Å². The molecule has 1 saturated heterocycles. The Morgan fingerprint density at radius 3 is 2.87 bits per heavy atom. The maximum Gasteiger partial charge on any atom is 0.357 e. The van der Waals surface area contributed by atoms with Crippen molar-refractivity contribution in [1.82, 2.24) is 20.0 Å². The van der Waals surface area contributed by atoms with Crippen LogP contribution in [0.25, 0.3) is 0 Å². The average molecular weight is 336 g/mol. The fourth-order valence-electron chi connectivity index (χ4n) is 2.72. The third-order valence-corrected chi connectivity index (χ3v) is 4.89. The van der Waals surface area contributed by atoms with Crippen LogP contribution in [0.1, 0.15) is 52.9 Å². The quantitative estimate of drug-likeness (QED) is 0.775. The van der Waals surface area contributed by atoms with Crippen molar-refractivity contribution < 1.29 is 14.1 Å². The normalized spacial score (nSPS) is 16.6. The number of hydrogen-bond donors (Lipinski definition) is 0. The van der Waals surface area contributed by atoms with Gasteiger partial charge in [0.15, 0.2) is 11.5 Å². The number of esters is 1. The molecule has 3 heterocycles. The van der Waals surface area contributed by atoms with Gasteiger partial charge in [0.2, 0.25) is 5.89 Å². The van der Waals surface area contributed by atoms with Gasteiger partial charge in [-0.1, -0.05) is 5.16 Å². The van der Waals surface area contributed by atoms with E-state index < -0.39 is 0 Å². The Kier molecular flexibility index (Phi) is 5.02. The van der Waals surface area contributed by atoms with Crippen LogP contribution in [-0.4, -0.2) is 45.7 Å². The highest BCUT2D eigenvalue weighted by atomic mass is 32.1. The van der Waals surface area contributed by atoms with Gasteiger partial charge in [0.25, 0.3) is 0 Å². The first-order chi connectivity index (χ1) is 11.2. The van der Waals surface area contributed by atoms with E-state index in [4.69, 9.17) is 9.26 Å². The largest absolute Gasteiger partial charge is 0.461 e. The van der Waals surface area contributed by atoms with Gasteiger partial charge in [-0.3, -0.25) is 4.90 Å². The number of ether oxygens (including phenoxy) is 1. The molecule has 0 bridgehead atoms. The first kappa shape index (κ1) is 16.1. The van der Waals surface area contributed by atoms with E-state index >= 15 is 0 Å². The molecule has 2 aromatic heterocycles. The Morgan fingerprint density at radius 2 is 2.22 bits per heavy atom. The van der Waals surface area contributed by atoms with Crippen LogP contribution in [-0.2, 0) is 11.3 Å². The lowest BCUT2D eigenvalue weighted by molar-refractivity contribution is 0.0520. The molecule has 23 heavy (non-hydrogen) atoms. The maximum absolute atomic E-state index is 11.7. The van der Waals surface area contributed by atoms with Gasteiger partial charge in [0.05, 0.1) is 18.2 Å². The fraction of sp³-hybridized carbons (Fsp3) is 0.600. The number of thiazole rings is 1. The molecule has 0 aromatic carbocycles. The molecule has 1 aliphatic heterocycles. The van der Waals surface area contributed by atoms with E-state index in [2.05, 4.69) is 20.0 Å². The van der Waals surface area contributed by atoms with Crippen LogP contribution in [0.5, 0.6) is 0 Å². The second kappa shape index (κ2) is 7.18. The van der Waals surface area contributed by atoms with Crippen LogP contribution in [0.4, 0.5) is 0 Å². The number of carbonyl (C=O) groups is 1. The van der Waals surface area contributed by atoms with E-state index in [1.54, 1.807) is 30.6 Å². The molecular formula is C15H20N4O3S. The summed E-state index contributed by atoms with van der Waals surface area (Å²) in [5, 5.41) is 6.76. The number of nitrogens with zero attached hydrogens (tertiary/aromatic N) is 4. The molecule has 2 aromatic rings. The van der Waals surface area contributed by atoms with E-state index in [9.17, 15) is 4.79 Å². The molecule has 0 amide bonds. The molecule has 0 atom stereocenters. The number of hydrogen-bond acceptors (Lipinski definition) is 8. The SMILES string of the molecule is CCOC(=O)c1csc(C2CCN(Cc3noc(C)n3)CC2)n1. The lowest BCUT2D eigenvalue weighted by Crippen LogP contribution is -2.32. The topological polar surface area (TPSA) is 81.4 Å². The van der Waals surface area contributed by atoms with Crippen molar-refractivity contribution in [3.8, 4) is 0 Å². The van der Waals surface area contributed by atoms with Crippen LogP contribution in [0, 0.1) is 6.92 Å². The van der Waals surface area contributed by atoms with E-state index in [0.717, 1.165) is 43.3 Å². The van der Waals surface area contributed by atoms with Gasteiger partial charge in [-0.25, -0.2) is 9.78 Å². The summed E-state index contributed by atoms with van der Waals surface area (Å²) in [5.74, 6) is 1.41. The van der Waals surface area contributed by atoms with Crippen molar-refractivity contribution in [2.75, 3.05) is 19.7 Å². The second-order valence-corrected chi connectivity index (χ2v) is 6.46. The molecular weight excluding hydrogens is 316 g/mol. The lowest BCUT2D eigenvalue weighted by atomic mass is 9.97. The molecule has 124 valence electrons. The number of piperidine rings is 1. The summed E-state index contributed by atoms with van der Waals surface area (Å²) in [6.45, 7) is 6.62. The highest BCUT2D eigenvalue weighted by molar-refractivity contribution is 7.09. The third kappa shape index (κ3) is 3.94. The second-order valence-electron chi connectivity index (χ2n) is 5.57. The average Bonchev–Trinajstić information content (AvgIpc) is 3.18. The van der Waals surface area contributed by atoms with Crippen molar-refractivity contribution in [2.24, 2.45) is 0 Å². The standard InChI is InChI=1S/C15H20N4O3S/c1-3-21-15(20)12-9-23-14(17-12)11-4-6-19(7-5-11)8-13-16-10(2)22-18-13/h9,11H,3-8H2,1-2H3. The highest BCUT2D eigenvalue weighted by Gasteiger charge is 2.25. The third-order valence-electron chi connectivity index (χ3n) is 3.88. The number of likely N-dealkylation sites (tertiary alicyclic amines) is 1. The Balaban J connectivity index is 1.53. The van der Waals surface area contributed by atoms with Gasteiger partial charge >= 0.3 is 5.97 Å². The van der Waals surface area contributed by atoms with E-state index in [-0.39, 0.29) is 5.97 Å². The highest BCUT2D eigenvalue weighted by Crippen LogP contribution is 2.30. The van der Waals surface area contributed by atoms with Gasteiger partial charge in [-0.05, 0) is 32.9 Å². The Morgan fingerprint density at radius 1 is 1.43 bits per heavy atom. The summed E-state index contributed by atoms with van der Waals surface area (Å²) in [6.07, 6.45) is 2.04. The van der Waals surface area contributed by atoms with E-state index in [1.165, 1.54) is 0 Å². The first-order valence-corrected chi connectivity index (χ1v) is 8.67. The molecule has 8 heteroatoms. The van der Waals surface area contributed by atoms with Crippen molar-refractivity contribution >= 4 is 17.3 Å². The fourth-order valence-corrected chi connectivity index (χ4v) is 3.68. The summed E-state index contributed by atoms with van der Waals surface area (Å²) >= 11 is 1.55. The Labute approximate surface area is 138 Å². The summed E-state index contributed by atoms with van der Waals surface area (Å²) in [6, 6.07) is 0. The van der Waals surface area contributed by atoms with E-state index in [0.29, 0.717) is 24.1 Å². The van der Waals surface area contributed by atoms with Crippen LogP contribution >= 0.6 is 11.3 Å². The smallest absolute Gasteiger partial charge is 0.357 e. The number of aryl methyl sites for hydroxylation is 1. The van der Waals surface area contributed by atoms with Crippen molar-refractivity contribution in [3.63, 3.8) is 0 Å². The molecule has 1 fully saturated rings. The number of rotatable bonds is 5. The van der Waals surface area contributed by atoms with Crippen LogP contribution in [0.3, 0.4) is 0 Å². The Bertz CT molecular complexity index is 661. The van der Waals surface area contributed by atoms with Gasteiger partial charge < -0.3 is 9.26 Å². The minimum absolute atomic E-state index is 0.333. The van der Waals surface area contributed by atoms with Crippen LogP contribution in [0.15, 0.2) is 9.90 Å². The maximum atomic E-state index is 11.7. The van der Waals surface area contributed by atoms with Crippen LogP contribution < -0.4 is 0 Å². The zero-order valence-corrected chi connectivity index (χ0v) is 14.1. The van der Waals surface area contributed by atoms with E-state index in [1.807, 2.05) is 0 Å². The summed E-state index contributed by atoms with van der Waals surface area (Å²) < 4.78 is 9.99. The molecule has 0 saturated carbocycles. The molecule has 1 aliphatic rings. The van der Waals surface area contributed by atoms with Crippen LogP contribution in [0.2, 0.25) is 0 Å². The minimum atomic E-state index is -0.333. The lowest BCUT2D eigenvalue weighted by Gasteiger charge is -2.29. The molecule has 0 N–H and O–H groups in total. The van der Waals surface area contributed by atoms with Crippen molar-refractivity contribution in [3.05, 3.63) is 27.8 Å².